The second-order valence-corrected chi connectivity index (χ2v) is 7.64. The van der Waals surface area contributed by atoms with Crippen molar-refractivity contribution >= 4 is 17.3 Å². The molecule has 1 aliphatic rings. The first kappa shape index (κ1) is 19.2. The Kier molecular flexibility index (Phi) is 5.62. The van der Waals surface area contributed by atoms with E-state index in [2.05, 4.69) is 38.9 Å². The molecule has 0 saturated carbocycles. The highest BCUT2D eigenvalue weighted by molar-refractivity contribution is 6.04. The van der Waals surface area contributed by atoms with Crippen LogP contribution in [0.2, 0.25) is 0 Å². The standard InChI is InChI=1S/C23H27N5O/c1-17(2)27-12-14-28(15-13-27)21-8-6-18(7-9-21)23(29)26-20-5-3-4-19(16-20)22-24-10-11-25-22/h3-11,16-17H,12-15H2,1-2H3,(H,24,25)(H,26,29). The van der Waals surface area contributed by atoms with Crippen molar-refractivity contribution in [2.45, 2.75) is 19.9 Å². The van der Waals surface area contributed by atoms with E-state index < -0.39 is 0 Å². The summed E-state index contributed by atoms with van der Waals surface area (Å²) in [5, 5.41) is 2.98. The van der Waals surface area contributed by atoms with Crippen LogP contribution in [-0.2, 0) is 0 Å². The quantitative estimate of drug-likeness (QED) is 0.696. The largest absolute Gasteiger partial charge is 0.369 e. The summed E-state index contributed by atoms with van der Waals surface area (Å²) in [6.45, 7) is 8.67. The van der Waals surface area contributed by atoms with Crippen LogP contribution in [0.25, 0.3) is 11.4 Å². The number of amides is 1. The van der Waals surface area contributed by atoms with Crippen molar-refractivity contribution in [1.29, 1.82) is 0 Å². The van der Waals surface area contributed by atoms with Crippen molar-refractivity contribution in [1.82, 2.24) is 14.9 Å². The molecule has 2 N–H and O–H groups in total. The third kappa shape index (κ3) is 4.49. The van der Waals surface area contributed by atoms with Crippen molar-refractivity contribution in [2.24, 2.45) is 0 Å². The van der Waals surface area contributed by atoms with Gasteiger partial charge in [-0.2, -0.15) is 0 Å². The van der Waals surface area contributed by atoms with Gasteiger partial charge >= 0.3 is 0 Å². The zero-order chi connectivity index (χ0) is 20.2. The molecule has 2 heterocycles. The third-order valence-corrected chi connectivity index (χ3v) is 5.43. The number of aromatic amines is 1. The lowest BCUT2D eigenvalue weighted by molar-refractivity contribution is 0.102. The number of carbonyl (C=O) groups excluding carboxylic acids is 1. The van der Waals surface area contributed by atoms with E-state index in [0.717, 1.165) is 43.3 Å². The number of nitrogens with one attached hydrogen (secondary N) is 2. The topological polar surface area (TPSA) is 64.3 Å². The molecule has 0 spiro atoms. The van der Waals surface area contributed by atoms with Gasteiger partial charge in [-0.25, -0.2) is 4.98 Å². The molecule has 1 fully saturated rings. The molecule has 0 radical (unpaired) electrons. The van der Waals surface area contributed by atoms with Gasteiger partial charge in [-0.05, 0) is 50.2 Å². The zero-order valence-corrected chi connectivity index (χ0v) is 16.9. The van der Waals surface area contributed by atoms with Gasteiger partial charge in [0.05, 0.1) is 0 Å². The highest BCUT2D eigenvalue weighted by atomic mass is 16.1. The summed E-state index contributed by atoms with van der Waals surface area (Å²) in [5.41, 5.74) is 3.50. The molecule has 150 valence electrons. The molecule has 0 atom stereocenters. The number of piperazine rings is 1. The first-order chi connectivity index (χ1) is 14.1. The second-order valence-electron chi connectivity index (χ2n) is 7.64. The van der Waals surface area contributed by atoms with Crippen LogP contribution in [0.5, 0.6) is 0 Å². The lowest BCUT2D eigenvalue weighted by Gasteiger charge is -2.38. The van der Waals surface area contributed by atoms with Crippen molar-refractivity contribution in [3.8, 4) is 11.4 Å². The SMILES string of the molecule is CC(C)N1CCN(c2ccc(C(=O)Nc3cccc(-c4ncc[nH]4)c3)cc2)CC1. The molecule has 0 bridgehead atoms. The molecule has 29 heavy (non-hydrogen) atoms. The minimum absolute atomic E-state index is 0.113. The van der Waals surface area contributed by atoms with Crippen LogP contribution in [0.1, 0.15) is 24.2 Å². The van der Waals surface area contributed by atoms with Crippen molar-refractivity contribution in [3.63, 3.8) is 0 Å². The number of hydrogen-bond donors (Lipinski definition) is 2. The van der Waals surface area contributed by atoms with Crippen molar-refractivity contribution in [3.05, 3.63) is 66.5 Å². The number of hydrogen-bond acceptors (Lipinski definition) is 4. The van der Waals surface area contributed by atoms with Gasteiger partial charge in [-0.1, -0.05) is 12.1 Å². The van der Waals surface area contributed by atoms with E-state index in [-0.39, 0.29) is 5.91 Å². The number of carbonyl (C=O) groups is 1. The number of rotatable bonds is 5. The minimum Gasteiger partial charge on any atom is -0.369 e. The van der Waals surface area contributed by atoms with E-state index in [0.29, 0.717) is 11.6 Å². The summed E-state index contributed by atoms with van der Waals surface area (Å²) in [6, 6.07) is 16.1. The van der Waals surface area contributed by atoms with Gasteiger partial charge in [0.1, 0.15) is 5.82 Å². The Morgan fingerprint density at radius 3 is 2.48 bits per heavy atom. The van der Waals surface area contributed by atoms with Crippen LogP contribution < -0.4 is 10.2 Å². The van der Waals surface area contributed by atoms with E-state index >= 15 is 0 Å². The normalized spacial score (nSPS) is 14.9. The van der Waals surface area contributed by atoms with Gasteiger partial charge in [0, 0.05) is 67.1 Å². The maximum absolute atomic E-state index is 12.7. The molecule has 1 amide bonds. The zero-order valence-electron chi connectivity index (χ0n) is 16.9. The minimum atomic E-state index is -0.113. The summed E-state index contributed by atoms with van der Waals surface area (Å²) in [7, 11) is 0. The summed E-state index contributed by atoms with van der Waals surface area (Å²) in [6.07, 6.45) is 3.50. The van der Waals surface area contributed by atoms with Gasteiger partial charge < -0.3 is 15.2 Å². The Labute approximate surface area is 171 Å². The fraction of sp³-hybridized carbons (Fsp3) is 0.304. The summed E-state index contributed by atoms with van der Waals surface area (Å²) in [4.78, 5) is 24.9. The molecule has 6 nitrogen and oxygen atoms in total. The Morgan fingerprint density at radius 2 is 1.83 bits per heavy atom. The molecule has 2 aromatic carbocycles. The average molecular weight is 390 g/mol. The predicted octanol–water partition coefficient (Wildman–Crippen LogP) is 3.86. The predicted molar refractivity (Wildman–Crippen MR) is 117 cm³/mol. The number of benzene rings is 2. The number of aromatic nitrogens is 2. The highest BCUT2D eigenvalue weighted by Gasteiger charge is 2.19. The highest BCUT2D eigenvalue weighted by Crippen LogP contribution is 2.21. The van der Waals surface area contributed by atoms with E-state index in [1.165, 1.54) is 5.69 Å². The Morgan fingerprint density at radius 1 is 1.07 bits per heavy atom. The fourth-order valence-electron chi connectivity index (χ4n) is 3.69. The first-order valence-electron chi connectivity index (χ1n) is 10.1. The van der Waals surface area contributed by atoms with Crippen LogP contribution in [0.15, 0.2) is 60.9 Å². The first-order valence-corrected chi connectivity index (χ1v) is 10.1. The molecule has 1 saturated heterocycles. The number of nitrogens with zero attached hydrogens (tertiary/aromatic N) is 3. The van der Waals surface area contributed by atoms with Gasteiger partial charge in [0.2, 0.25) is 0 Å². The molecule has 1 aliphatic heterocycles. The molecular formula is C23H27N5O. The van der Waals surface area contributed by atoms with Crippen molar-refractivity contribution < 1.29 is 4.79 Å². The van der Waals surface area contributed by atoms with E-state index in [4.69, 9.17) is 0 Å². The van der Waals surface area contributed by atoms with Gasteiger partial charge in [-0.15, -0.1) is 0 Å². The molecule has 0 unspecified atom stereocenters. The molecule has 6 heteroatoms. The smallest absolute Gasteiger partial charge is 0.255 e. The Balaban J connectivity index is 1.39. The third-order valence-electron chi connectivity index (χ3n) is 5.43. The molecular weight excluding hydrogens is 362 g/mol. The van der Waals surface area contributed by atoms with Crippen LogP contribution in [0.3, 0.4) is 0 Å². The van der Waals surface area contributed by atoms with Crippen LogP contribution in [0, 0.1) is 0 Å². The Bertz CT molecular complexity index is 942. The average Bonchev–Trinajstić information content (AvgIpc) is 3.29. The molecule has 0 aliphatic carbocycles. The molecule has 1 aromatic heterocycles. The van der Waals surface area contributed by atoms with Crippen LogP contribution >= 0.6 is 0 Å². The maximum Gasteiger partial charge on any atom is 0.255 e. The number of H-pyrrole nitrogens is 1. The Hall–Kier alpha value is -3.12. The van der Waals surface area contributed by atoms with E-state index in [1.54, 1.807) is 12.4 Å². The summed E-state index contributed by atoms with van der Waals surface area (Å²) >= 11 is 0. The maximum atomic E-state index is 12.7. The van der Waals surface area contributed by atoms with Crippen LogP contribution in [-0.4, -0.2) is 53.0 Å². The van der Waals surface area contributed by atoms with Gasteiger partial charge in [0.25, 0.3) is 5.91 Å². The number of anilines is 2. The lowest BCUT2D eigenvalue weighted by atomic mass is 10.1. The molecule has 4 rings (SSSR count). The fourth-order valence-corrected chi connectivity index (χ4v) is 3.69. The van der Waals surface area contributed by atoms with Gasteiger partial charge in [0.15, 0.2) is 0 Å². The van der Waals surface area contributed by atoms with Crippen molar-refractivity contribution in [2.75, 3.05) is 36.4 Å². The monoisotopic (exact) mass is 389 g/mol. The number of imidazole rings is 1. The van der Waals surface area contributed by atoms with Crippen LogP contribution in [0.4, 0.5) is 11.4 Å². The van der Waals surface area contributed by atoms with E-state index in [9.17, 15) is 4.79 Å². The second kappa shape index (κ2) is 8.49. The lowest BCUT2D eigenvalue weighted by Crippen LogP contribution is -2.48. The summed E-state index contributed by atoms with van der Waals surface area (Å²) < 4.78 is 0. The van der Waals surface area contributed by atoms with E-state index in [1.807, 2.05) is 48.5 Å². The van der Waals surface area contributed by atoms with Gasteiger partial charge in [-0.3, -0.25) is 9.69 Å². The molecule has 3 aromatic rings. The summed E-state index contributed by atoms with van der Waals surface area (Å²) in [5.74, 6) is 0.667.